The van der Waals surface area contributed by atoms with E-state index in [1.54, 1.807) is 12.1 Å². The number of thiazole rings is 1. The number of hydrogen-bond donors (Lipinski definition) is 3. The van der Waals surface area contributed by atoms with Gasteiger partial charge in [0.25, 0.3) is 11.8 Å². The standard InChI is InChI=1S/C19H18N10O6S3/c1-34-24-12(9-7-38-19(20)28(9)35-2)15(30)21-13-16(31)27-14(18(32)33)8(6-37-17(13)27)5-36-11-4-3-10-22-25-26-29(10)23-11/h3-4,7,13,17,20H,5-6H2,1-2H3,(H,21,30)(H,32,33)/t13-,17+/m1/s1. The van der Waals surface area contributed by atoms with Crippen molar-refractivity contribution in [3.05, 3.63) is 39.3 Å². The van der Waals surface area contributed by atoms with Gasteiger partial charge in [0.2, 0.25) is 4.80 Å². The lowest BCUT2D eigenvalue weighted by molar-refractivity contribution is -0.150. The van der Waals surface area contributed by atoms with Crippen LogP contribution in [0.2, 0.25) is 0 Å². The molecule has 0 aromatic carbocycles. The number of carboxylic acid groups (broad SMARTS) is 1. The molecule has 3 aromatic rings. The number of hydrogen-bond acceptors (Lipinski definition) is 14. The third-order valence-corrected chi connectivity index (χ3v) is 8.56. The van der Waals surface area contributed by atoms with Crippen LogP contribution in [-0.4, -0.2) is 101 Å². The van der Waals surface area contributed by atoms with Crippen molar-refractivity contribution in [1.29, 1.82) is 5.41 Å². The molecule has 0 saturated carbocycles. The number of carbonyl (C=O) groups excluding carboxylic acids is 2. The van der Waals surface area contributed by atoms with Crippen LogP contribution in [0.25, 0.3) is 5.65 Å². The van der Waals surface area contributed by atoms with Crippen molar-refractivity contribution in [2.24, 2.45) is 5.16 Å². The molecule has 0 radical (unpaired) electrons. The second-order valence-corrected chi connectivity index (χ2v) is 10.6. The zero-order valence-corrected chi connectivity index (χ0v) is 22.0. The molecule has 2 atom stereocenters. The highest BCUT2D eigenvalue weighted by Crippen LogP contribution is 2.41. The molecule has 0 bridgehead atoms. The van der Waals surface area contributed by atoms with Crippen molar-refractivity contribution in [1.82, 2.24) is 40.2 Å². The van der Waals surface area contributed by atoms with E-state index in [-0.39, 0.29) is 27.7 Å². The van der Waals surface area contributed by atoms with Gasteiger partial charge < -0.3 is 20.1 Å². The lowest BCUT2D eigenvalue weighted by Gasteiger charge is -2.49. The number of carboxylic acids is 1. The first-order chi connectivity index (χ1) is 18.3. The van der Waals surface area contributed by atoms with Crippen molar-refractivity contribution >= 4 is 64.0 Å². The topological polar surface area (TPSA) is 202 Å². The Morgan fingerprint density at radius 1 is 1.37 bits per heavy atom. The summed E-state index contributed by atoms with van der Waals surface area (Å²) in [5, 5.41) is 41.0. The van der Waals surface area contributed by atoms with Crippen LogP contribution in [0.3, 0.4) is 0 Å². The number of amides is 2. The Morgan fingerprint density at radius 3 is 2.92 bits per heavy atom. The summed E-state index contributed by atoms with van der Waals surface area (Å²) in [5.74, 6) is -1.93. The molecule has 5 heterocycles. The largest absolute Gasteiger partial charge is 0.477 e. The number of fused-ring (bicyclic) bond motifs is 2. The smallest absolute Gasteiger partial charge is 0.352 e. The fraction of sp³-hybridized carbons (Fsp3) is 0.316. The van der Waals surface area contributed by atoms with Crippen LogP contribution >= 0.6 is 34.9 Å². The van der Waals surface area contributed by atoms with Gasteiger partial charge in [-0.3, -0.25) is 19.9 Å². The summed E-state index contributed by atoms with van der Waals surface area (Å²) in [4.78, 5) is 49.4. The van der Waals surface area contributed by atoms with E-state index in [0.717, 1.165) is 16.1 Å². The minimum atomic E-state index is -1.24. The van der Waals surface area contributed by atoms with Crippen LogP contribution in [0.4, 0.5) is 0 Å². The van der Waals surface area contributed by atoms with Crippen LogP contribution in [0.1, 0.15) is 5.69 Å². The Balaban J connectivity index is 1.32. The van der Waals surface area contributed by atoms with Crippen LogP contribution in [0.15, 0.2) is 39.0 Å². The van der Waals surface area contributed by atoms with Gasteiger partial charge in [-0.15, -0.1) is 49.7 Å². The Hall–Kier alpha value is -3.97. The summed E-state index contributed by atoms with van der Waals surface area (Å²) in [5.41, 5.74) is 0.879. The Bertz CT molecular complexity index is 1560. The molecule has 16 nitrogen and oxygen atoms in total. The molecular weight excluding hydrogens is 560 g/mol. The first kappa shape index (κ1) is 25.7. The normalized spacial score (nSPS) is 19.3. The molecule has 0 unspecified atom stereocenters. The lowest BCUT2D eigenvalue weighted by Crippen LogP contribution is -2.71. The van der Waals surface area contributed by atoms with E-state index in [9.17, 15) is 19.5 Å². The monoisotopic (exact) mass is 578 g/mol. The third-order valence-electron chi connectivity index (χ3n) is 5.48. The van der Waals surface area contributed by atoms with E-state index < -0.39 is 29.2 Å². The highest BCUT2D eigenvalue weighted by atomic mass is 32.2. The Morgan fingerprint density at radius 2 is 2.18 bits per heavy atom. The molecule has 5 rings (SSSR count). The quantitative estimate of drug-likeness (QED) is 0.119. The van der Waals surface area contributed by atoms with Crippen molar-refractivity contribution in [2.75, 3.05) is 25.7 Å². The molecule has 2 amide bonds. The molecule has 19 heteroatoms. The second-order valence-electron chi connectivity index (χ2n) is 7.63. The Kier molecular flexibility index (Phi) is 7.04. The SMILES string of the molecule is CON=C(C(=O)N[C@@H]1C(=O)N2C(C(=O)O)=C(CSc3ccc4nnnn4n3)CS[C@@H]12)c1csc(=N)n1OC. The number of rotatable bonds is 9. The minimum absolute atomic E-state index is 0.0162. The average molecular weight is 579 g/mol. The fourth-order valence-electron chi connectivity index (χ4n) is 3.82. The number of β-lactam (4-membered cyclic amide) rings is 1. The summed E-state index contributed by atoms with van der Waals surface area (Å²) in [6.07, 6.45) is 0. The van der Waals surface area contributed by atoms with Gasteiger partial charge in [0.15, 0.2) is 11.4 Å². The zero-order chi connectivity index (χ0) is 27.0. The maximum Gasteiger partial charge on any atom is 0.352 e. The Labute approximate surface area is 225 Å². The number of oxime groups is 1. The lowest BCUT2D eigenvalue weighted by atomic mass is 10.0. The summed E-state index contributed by atoms with van der Waals surface area (Å²) in [6, 6.07) is 2.43. The molecule has 2 aliphatic rings. The van der Waals surface area contributed by atoms with Crippen LogP contribution in [0, 0.1) is 5.41 Å². The van der Waals surface area contributed by atoms with Gasteiger partial charge in [0.05, 0.1) is 0 Å². The molecule has 1 fully saturated rings. The van der Waals surface area contributed by atoms with Crippen molar-refractivity contribution in [2.45, 2.75) is 16.4 Å². The van der Waals surface area contributed by atoms with Gasteiger partial charge in [-0.1, -0.05) is 5.16 Å². The van der Waals surface area contributed by atoms with Crippen molar-refractivity contribution in [3.63, 3.8) is 0 Å². The number of nitrogens with zero attached hydrogens (tertiary/aromatic N) is 8. The number of thioether (sulfide) groups is 2. The van der Waals surface area contributed by atoms with Gasteiger partial charge in [-0.05, 0) is 28.1 Å². The van der Waals surface area contributed by atoms with Gasteiger partial charge >= 0.3 is 5.97 Å². The molecule has 1 saturated heterocycles. The van der Waals surface area contributed by atoms with E-state index in [4.69, 9.17) is 15.1 Å². The zero-order valence-electron chi connectivity index (χ0n) is 19.6. The maximum absolute atomic E-state index is 13.1. The highest BCUT2D eigenvalue weighted by molar-refractivity contribution is 8.01. The first-order valence-corrected chi connectivity index (χ1v) is 13.6. The predicted molar refractivity (Wildman–Crippen MR) is 133 cm³/mol. The summed E-state index contributed by atoms with van der Waals surface area (Å²) >= 11 is 3.64. The van der Waals surface area contributed by atoms with Gasteiger partial charge in [-0.2, -0.15) is 4.73 Å². The van der Waals surface area contributed by atoms with Crippen LogP contribution in [0.5, 0.6) is 0 Å². The van der Waals surface area contributed by atoms with E-state index in [1.165, 1.54) is 52.7 Å². The van der Waals surface area contributed by atoms with E-state index in [2.05, 4.69) is 31.1 Å². The highest BCUT2D eigenvalue weighted by Gasteiger charge is 2.54. The molecule has 2 aliphatic heterocycles. The van der Waals surface area contributed by atoms with Crippen LogP contribution in [-0.2, 0) is 19.2 Å². The summed E-state index contributed by atoms with van der Waals surface area (Å²) < 4.78 is 2.36. The third kappa shape index (κ3) is 4.47. The average Bonchev–Trinajstić information content (AvgIpc) is 3.53. The van der Waals surface area contributed by atoms with Crippen molar-refractivity contribution in [3.8, 4) is 0 Å². The summed E-state index contributed by atoms with van der Waals surface area (Å²) in [6.45, 7) is 0. The van der Waals surface area contributed by atoms with Gasteiger partial charge in [-0.25, -0.2) is 4.79 Å². The second kappa shape index (κ2) is 10.4. The number of carbonyl (C=O) groups is 3. The van der Waals surface area contributed by atoms with E-state index >= 15 is 0 Å². The minimum Gasteiger partial charge on any atom is -0.477 e. The van der Waals surface area contributed by atoms with Crippen LogP contribution < -0.4 is 15.0 Å². The predicted octanol–water partition coefficient (Wildman–Crippen LogP) is -1.20. The van der Waals surface area contributed by atoms with E-state index in [0.29, 0.717) is 22.0 Å². The number of tetrazole rings is 1. The number of aromatic nitrogens is 6. The first-order valence-electron chi connectivity index (χ1n) is 10.6. The molecule has 3 aromatic heterocycles. The number of aliphatic carboxylic acids is 1. The molecule has 3 N–H and O–H groups in total. The number of nitrogens with one attached hydrogen (secondary N) is 2. The molecule has 38 heavy (non-hydrogen) atoms. The van der Waals surface area contributed by atoms with E-state index in [1.807, 2.05) is 0 Å². The molecular formula is C19H18N10O6S3. The van der Waals surface area contributed by atoms with Gasteiger partial charge in [0.1, 0.15) is 42.1 Å². The van der Waals surface area contributed by atoms with Gasteiger partial charge in [0, 0.05) is 16.9 Å². The van der Waals surface area contributed by atoms with Crippen molar-refractivity contribution < 1.29 is 29.2 Å². The molecule has 198 valence electrons. The summed E-state index contributed by atoms with van der Waals surface area (Å²) in [7, 11) is 2.59. The fourth-order valence-corrected chi connectivity index (χ4v) is 6.86. The maximum atomic E-state index is 13.1. The molecule has 0 aliphatic carbocycles. The molecule has 0 spiro atoms.